The van der Waals surface area contributed by atoms with Crippen LogP contribution in [0.2, 0.25) is 0 Å². The van der Waals surface area contributed by atoms with E-state index in [2.05, 4.69) is 10.6 Å². The summed E-state index contributed by atoms with van der Waals surface area (Å²) in [6.07, 6.45) is -0.499. The van der Waals surface area contributed by atoms with E-state index in [9.17, 15) is 14.4 Å². The number of amides is 3. The van der Waals surface area contributed by atoms with E-state index in [-0.39, 0.29) is 12.0 Å². The van der Waals surface area contributed by atoms with Crippen LogP contribution in [0.5, 0.6) is 5.75 Å². The van der Waals surface area contributed by atoms with Crippen molar-refractivity contribution in [2.75, 3.05) is 0 Å². The second-order valence-corrected chi connectivity index (χ2v) is 8.89. The van der Waals surface area contributed by atoms with Crippen LogP contribution in [0.3, 0.4) is 0 Å². The zero-order chi connectivity index (χ0) is 22.4. The Bertz CT molecular complexity index is 717. The highest BCUT2D eigenvalue weighted by Gasteiger charge is 2.25. The number of ether oxygens (including phenoxy) is 2. The first-order valence-corrected chi connectivity index (χ1v) is 9.53. The maximum atomic E-state index is 12.4. The van der Waals surface area contributed by atoms with Crippen LogP contribution in [0.4, 0.5) is 4.79 Å². The van der Waals surface area contributed by atoms with E-state index >= 15 is 0 Å². The van der Waals surface area contributed by atoms with Crippen molar-refractivity contribution < 1.29 is 23.9 Å². The molecule has 0 saturated carbocycles. The van der Waals surface area contributed by atoms with Crippen molar-refractivity contribution in [2.24, 2.45) is 5.73 Å². The third kappa shape index (κ3) is 9.82. The zero-order valence-electron chi connectivity index (χ0n) is 18.3. The van der Waals surface area contributed by atoms with Crippen molar-refractivity contribution in [1.82, 2.24) is 10.6 Å². The summed E-state index contributed by atoms with van der Waals surface area (Å²) in [5.74, 6) is -0.499. The van der Waals surface area contributed by atoms with Crippen molar-refractivity contribution in [3.8, 4) is 5.75 Å². The Labute approximate surface area is 172 Å². The fraction of sp³-hybridized carbons (Fsp3) is 0.571. The fourth-order valence-corrected chi connectivity index (χ4v) is 2.35. The van der Waals surface area contributed by atoms with Gasteiger partial charge in [-0.25, -0.2) is 4.79 Å². The summed E-state index contributed by atoms with van der Waals surface area (Å²) in [7, 11) is 0. The van der Waals surface area contributed by atoms with Crippen LogP contribution in [0.15, 0.2) is 24.3 Å². The van der Waals surface area contributed by atoms with Crippen LogP contribution in [-0.2, 0) is 20.7 Å². The van der Waals surface area contributed by atoms with E-state index in [1.54, 1.807) is 32.9 Å². The fourth-order valence-electron chi connectivity index (χ4n) is 2.35. The number of hydrogen-bond acceptors (Lipinski definition) is 5. The average molecular weight is 408 g/mol. The van der Waals surface area contributed by atoms with Crippen LogP contribution >= 0.6 is 0 Å². The lowest BCUT2D eigenvalue weighted by Crippen LogP contribution is -2.53. The molecular weight excluding hydrogens is 374 g/mol. The van der Waals surface area contributed by atoms with Gasteiger partial charge in [-0.1, -0.05) is 12.1 Å². The predicted octanol–water partition coefficient (Wildman–Crippen LogP) is 2.29. The standard InChI is InChI=1S/C21H33N3O5/c1-13(23-19(27)29-21(5,6)7)18(26)24-16(17(22)25)12-14-8-10-15(11-9-14)28-20(2,3)4/h8-11,13,16H,12H2,1-7H3,(H2,22,25)(H,23,27)(H,24,26)/t13-,16-/m0/s1. The molecule has 0 aromatic heterocycles. The molecule has 0 heterocycles. The molecule has 1 aromatic carbocycles. The number of primary amides is 1. The summed E-state index contributed by atoms with van der Waals surface area (Å²) in [4.78, 5) is 35.9. The first-order chi connectivity index (χ1) is 13.2. The normalized spacial score (nSPS) is 13.8. The molecular formula is C21H33N3O5. The molecule has 2 atom stereocenters. The molecule has 3 amide bonds. The molecule has 1 rings (SSSR count). The van der Waals surface area contributed by atoms with Gasteiger partial charge >= 0.3 is 6.09 Å². The van der Waals surface area contributed by atoms with Gasteiger partial charge in [-0.2, -0.15) is 0 Å². The molecule has 0 aliphatic heterocycles. The number of carbonyl (C=O) groups is 3. The van der Waals surface area contributed by atoms with E-state index in [0.29, 0.717) is 5.75 Å². The predicted molar refractivity (Wildman–Crippen MR) is 110 cm³/mol. The minimum atomic E-state index is -0.917. The molecule has 1 aromatic rings. The Hall–Kier alpha value is -2.77. The lowest BCUT2D eigenvalue weighted by atomic mass is 10.0. The van der Waals surface area contributed by atoms with E-state index < -0.39 is 35.6 Å². The van der Waals surface area contributed by atoms with Gasteiger partial charge in [-0.05, 0) is 66.2 Å². The van der Waals surface area contributed by atoms with Crippen molar-refractivity contribution in [3.63, 3.8) is 0 Å². The highest BCUT2D eigenvalue weighted by atomic mass is 16.6. The highest BCUT2D eigenvalue weighted by molar-refractivity contribution is 5.90. The summed E-state index contributed by atoms with van der Waals surface area (Å²) < 4.78 is 10.9. The monoisotopic (exact) mass is 407 g/mol. The van der Waals surface area contributed by atoms with Crippen LogP contribution < -0.4 is 21.1 Å². The highest BCUT2D eigenvalue weighted by Crippen LogP contribution is 2.19. The summed E-state index contributed by atoms with van der Waals surface area (Å²) in [6.45, 7) is 12.5. The molecule has 0 bridgehead atoms. The largest absolute Gasteiger partial charge is 0.488 e. The number of alkyl carbamates (subject to hydrolysis) is 1. The van der Waals surface area contributed by atoms with Crippen molar-refractivity contribution in [3.05, 3.63) is 29.8 Å². The average Bonchev–Trinajstić information content (AvgIpc) is 2.52. The first-order valence-electron chi connectivity index (χ1n) is 9.53. The van der Waals surface area contributed by atoms with E-state index in [1.165, 1.54) is 6.92 Å². The first kappa shape index (κ1) is 24.3. The Morgan fingerprint density at radius 3 is 1.97 bits per heavy atom. The van der Waals surface area contributed by atoms with Crippen LogP contribution in [-0.4, -0.2) is 41.2 Å². The van der Waals surface area contributed by atoms with Crippen LogP contribution in [0, 0.1) is 0 Å². The molecule has 29 heavy (non-hydrogen) atoms. The zero-order valence-corrected chi connectivity index (χ0v) is 18.3. The number of hydrogen-bond donors (Lipinski definition) is 3. The molecule has 0 aliphatic carbocycles. The number of rotatable bonds is 7. The summed E-state index contributed by atoms with van der Waals surface area (Å²) >= 11 is 0. The van der Waals surface area contributed by atoms with Crippen molar-refractivity contribution in [2.45, 2.75) is 78.2 Å². The van der Waals surface area contributed by atoms with Gasteiger partial charge < -0.3 is 25.8 Å². The van der Waals surface area contributed by atoms with Crippen molar-refractivity contribution in [1.29, 1.82) is 0 Å². The topological polar surface area (TPSA) is 120 Å². The van der Waals surface area contributed by atoms with Gasteiger partial charge in [0.15, 0.2) is 0 Å². The molecule has 0 fully saturated rings. The van der Waals surface area contributed by atoms with E-state index in [4.69, 9.17) is 15.2 Å². The maximum Gasteiger partial charge on any atom is 0.408 e. The molecule has 8 nitrogen and oxygen atoms in total. The smallest absolute Gasteiger partial charge is 0.408 e. The summed E-state index contributed by atoms with van der Waals surface area (Å²) in [5.41, 5.74) is 5.25. The van der Waals surface area contributed by atoms with Gasteiger partial charge in [0.1, 0.15) is 29.0 Å². The minimum absolute atomic E-state index is 0.218. The van der Waals surface area contributed by atoms with Crippen LogP contribution in [0.1, 0.15) is 54.0 Å². The second kappa shape index (κ2) is 9.62. The molecule has 162 valence electrons. The molecule has 0 spiro atoms. The third-order valence-corrected chi connectivity index (χ3v) is 3.57. The Kier molecular flexibility index (Phi) is 8.05. The number of benzene rings is 1. The SMILES string of the molecule is C[C@H](NC(=O)OC(C)(C)C)C(=O)N[C@@H](Cc1ccc(OC(C)(C)C)cc1)C(N)=O. The lowest BCUT2D eigenvalue weighted by Gasteiger charge is -2.23. The summed E-state index contributed by atoms with van der Waals surface area (Å²) in [5, 5.41) is 5.00. The van der Waals surface area contributed by atoms with Gasteiger partial charge in [0.2, 0.25) is 11.8 Å². The Morgan fingerprint density at radius 1 is 0.966 bits per heavy atom. The number of nitrogens with two attached hydrogens (primary N) is 1. The number of nitrogens with one attached hydrogen (secondary N) is 2. The van der Waals surface area contributed by atoms with Gasteiger partial charge in [-0.15, -0.1) is 0 Å². The minimum Gasteiger partial charge on any atom is -0.488 e. The Morgan fingerprint density at radius 2 is 1.52 bits per heavy atom. The van der Waals surface area contributed by atoms with Gasteiger partial charge in [-0.3, -0.25) is 9.59 Å². The van der Waals surface area contributed by atoms with Crippen molar-refractivity contribution >= 4 is 17.9 Å². The third-order valence-electron chi connectivity index (χ3n) is 3.57. The van der Waals surface area contributed by atoms with Crippen LogP contribution in [0.25, 0.3) is 0 Å². The molecule has 0 radical (unpaired) electrons. The van der Waals surface area contributed by atoms with Gasteiger partial charge in [0.25, 0.3) is 0 Å². The van der Waals surface area contributed by atoms with Gasteiger partial charge in [0.05, 0.1) is 0 Å². The second-order valence-electron chi connectivity index (χ2n) is 8.89. The molecule has 0 aliphatic rings. The molecule has 4 N–H and O–H groups in total. The molecule has 0 saturated heterocycles. The molecule has 0 unspecified atom stereocenters. The number of carbonyl (C=O) groups excluding carboxylic acids is 3. The summed E-state index contributed by atoms with van der Waals surface area (Å²) in [6, 6.07) is 5.41. The lowest BCUT2D eigenvalue weighted by molar-refractivity contribution is -0.128. The Balaban J connectivity index is 2.70. The molecule has 8 heteroatoms. The quantitative estimate of drug-likeness (QED) is 0.641. The van der Waals surface area contributed by atoms with Gasteiger partial charge in [0, 0.05) is 6.42 Å². The van der Waals surface area contributed by atoms with E-state index in [1.807, 2.05) is 32.9 Å². The maximum absolute atomic E-state index is 12.4. The van der Waals surface area contributed by atoms with E-state index in [0.717, 1.165) is 5.56 Å².